The highest BCUT2D eigenvalue weighted by atomic mass is 32.1. The largest absolute Gasteiger partial charge is 0.465 e. The molecule has 26 heavy (non-hydrogen) atoms. The van der Waals surface area contributed by atoms with Gasteiger partial charge in [-0.1, -0.05) is 38.1 Å². The number of thiophene rings is 1. The number of hydrogen-bond acceptors (Lipinski definition) is 4. The molecule has 0 fully saturated rings. The third-order valence-electron chi connectivity index (χ3n) is 4.45. The van der Waals surface area contributed by atoms with Crippen molar-refractivity contribution in [1.29, 1.82) is 0 Å². The second kappa shape index (κ2) is 8.64. The lowest BCUT2D eigenvalue weighted by molar-refractivity contribution is 0.0601. The quantitative estimate of drug-likeness (QED) is 0.534. The van der Waals surface area contributed by atoms with Gasteiger partial charge in [0.05, 0.1) is 18.7 Å². The highest BCUT2D eigenvalue weighted by molar-refractivity contribution is 7.80. The summed E-state index contributed by atoms with van der Waals surface area (Å²) in [4.78, 5) is 13.1. The van der Waals surface area contributed by atoms with Crippen LogP contribution in [0.25, 0.3) is 0 Å². The monoisotopic (exact) mass is 390 g/mol. The number of methoxy groups -OCH3 is 1. The van der Waals surface area contributed by atoms with Crippen molar-refractivity contribution in [3.63, 3.8) is 0 Å². The molecule has 1 aromatic carbocycles. The van der Waals surface area contributed by atoms with Crippen molar-refractivity contribution >= 4 is 39.6 Å². The van der Waals surface area contributed by atoms with Crippen LogP contribution in [0.5, 0.6) is 0 Å². The van der Waals surface area contributed by atoms with Crippen molar-refractivity contribution in [2.45, 2.75) is 46.6 Å². The van der Waals surface area contributed by atoms with E-state index in [1.807, 2.05) is 13.8 Å². The number of rotatable bonds is 5. The number of hydrogen-bond donors (Lipinski definition) is 2. The predicted octanol–water partition coefficient (Wildman–Crippen LogP) is 5.32. The zero-order valence-corrected chi connectivity index (χ0v) is 17.7. The third kappa shape index (κ3) is 4.62. The zero-order valence-electron chi connectivity index (χ0n) is 16.1. The molecule has 0 spiro atoms. The van der Waals surface area contributed by atoms with E-state index in [0.717, 1.165) is 16.0 Å². The minimum Gasteiger partial charge on any atom is -0.465 e. The molecule has 0 aliphatic carbocycles. The Kier molecular flexibility index (Phi) is 6.78. The Balaban J connectivity index is 2.09. The van der Waals surface area contributed by atoms with Crippen molar-refractivity contribution in [2.75, 3.05) is 12.4 Å². The molecule has 1 unspecified atom stereocenters. The highest BCUT2D eigenvalue weighted by Gasteiger charge is 2.21. The fourth-order valence-electron chi connectivity index (χ4n) is 2.65. The van der Waals surface area contributed by atoms with Gasteiger partial charge in [0, 0.05) is 4.88 Å². The topological polar surface area (TPSA) is 50.4 Å². The normalized spacial score (nSPS) is 12.0. The van der Waals surface area contributed by atoms with Gasteiger partial charge in [0.15, 0.2) is 5.11 Å². The van der Waals surface area contributed by atoms with Crippen LogP contribution in [0.15, 0.2) is 24.3 Å². The van der Waals surface area contributed by atoms with Gasteiger partial charge in [0.2, 0.25) is 0 Å². The summed E-state index contributed by atoms with van der Waals surface area (Å²) < 4.78 is 4.90. The molecule has 1 heterocycles. The van der Waals surface area contributed by atoms with E-state index in [9.17, 15) is 4.79 Å². The van der Waals surface area contributed by atoms with E-state index in [1.54, 1.807) is 0 Å². The number of anilines is 1. The lowest BCUT2D eigenvalue weighted by atomic mass is 10.00. The highest BCUT2D eigenvalue weighted by Crippen LogP contribution is 2.33. The second-order valence-electron chi connectivity index (χ2n) is 6.62. The molecule has 2 rings (SSSR count). The van der Waals surface area contributed by atoms with Crippen LogP contribution in [0, 0.1) is 13.8 Å². The fourth-order valence-corrected chi connectivity index (χ4v) is 4.05. The maximum absolute atomic E-state index is 12.1. The molecule has 0 aliphatic rings. The summed E-state index contributed by atoms with van der Waals surface area (Å²) in [5, 5.41) is 7.63. The molecule has 4 nitrogen and oxygen atoms in total. The Morgan fingerprint density at radius 3 is 2.23 bits per heavy atom. The Morgan fingerprint density at radius 2 is 1.69 bits per heavy atom. The minimum atomic E-state index is -0.352. The Morgan fingerprint density at radius 1 is 1.12 bits per heavy atom. The van der Waals surface area contributed by atoms with Crippen LogP contribution >= 0.6 is 23.6 Å². The van der Waals surface area contributed by atoms with Gasteiger partial charge in [-0.3, -0.25) is 0 Å². The molecule has 0 saturated heterocycles. The SMILES string of the molecule is COC(=O)c1c(NC(=S)NC(C)c2ccc(C(C)C)cc2)sc(C)c1C. The predicted molar refractivity (Wildman–Crippen MR) is 113 cm³/mol. The lowest BCUT2D eigenvalue weighted by Gasteiger charge is -2.18. The van der Waals surface area contributed by atoms with E-state index in [2.05, 4.69) is 55.7 Å². The number of nitrogens with one attached hydrogen (secondary N) is 2. The molecule has 140 valence electrons. The lowest BCUT2D eigenvalue weighted by Crippen LogP contribution is -2.31. The number of esters is 1. The summed E-state index contributed by atoms with van der Waals surface area (Å²) in [7, 11) is 1.39. The van der Waals surface area contributed by atoms with Gasteiger partial charge in [-0.15, -0.1) is 11.3 Å². The standard InChI is InChI=1S/C20H26N2O2S2/c1-11(2)15-7-9-16(10-8-15)13(4)21-20(25)22-18-17(19(23)24-6)12(3)14(5)26-18/h7-11,13H,1-6H3,(H2,21,22,25). The smallest absolute Gasteiger partial charge is 0.341 e. The van der Waals surface area contributed by atoms with E-state index in [4.69, 9.17) is 17.0 Å². The molecule has 2 aromatic rings. The van der Waals surface area contributed by atoms with Gasteiger partial charge in [-0.2, -0.15) is 0 Å². The Hall–Kier alpha value is -1.92. The summed E-state index contributed by atoms with van der Waals surface area (Å²) in [6, 6.07) is 8.59. The molecule has 1 aromatic heterocycles. The minimum absolute atomic E-state index is 0.0555. The molecule has 0 bridgehead atoms. The number of carbonyl (C=O) groups excluding carboxylic acids is 1. The summed E-state index contributed by atoms with van der Waals surface area (Å²) >= 11 is 6.95. The van der Waals surface area contributed by atoms with E-state index < -0.39 is 0 Å². The van der Waals surface area contributed by atoms with E-state index in [0.29, 0.717) is 21.6 Å². The van der Waals surface area contributed by atoms with Gasteiger partial charge in [0.1, 0.15) is 5.00 Å². The number of thiocarbonyl (C=S) groups is 1. The van der Waals surface area contributed by atoms with Crippen molar-refractivity contribution < 1.29 is 9.53 Å². The van der Waals surface area contributed by atoms with Gasteiger partial charge in [-0.05, 0) is 55.6 Å². The average molecular weight is 391 g/mol. The van der Waals surface area contributed by atoms with Crippen molar-refractivity contribution in [1.82, 2.24) is 5.32 Å². The third-order valence-corrected chi connectivity index (χ3v) is 5.80. The Bertz CT molecular complexity index is 795. The maximum atomic E-state index is 12.1. The second-order valence-corrected chi connectivity index (χ2v) is 8.25. The van der Waals surface area contributed by atoms with Gasteiger partial charge < -0.3 is 15.4 Å². The van der Waals surface area contributed by atoms with Crippen LogP contribution in [0.2, 0.25) is 0 Å². The van der Waals surface area contributed by atoms with Crippen molar-refractivity contribution in [3.05, 3.63) is 51.4 Å². The van der Waals surface area contributed by atoms with Crippen LogP contribution in [0.3, 0.4) is 0 Å². The maximum Gasteiger partial charge on any atom is 0.341 e. The average Bonchev–Trinajstić information content (AvgIpc) is 2.87. The summed E-state index contributed by atoms with van der Waals surface area (Å²) in [6.07, 6.45) is 0. The van der Waals surface area contributed by atoms with Crippen LogP contribution in [-0.4, -0.2) is 18.2 Å². The molecule has 0 aliphatic heterocycles. The van der Waals surface area contributed by atoms with Crippen LogP contribution < -0.4 is 10.6 Å². The van der Waals surface area contributed by atoms with E-state index >= 15 is 0 Å². The fraction of sp³-hybridized carbons (Fsp3) is 0.400. The van der Waals surface area contributed by atoms with Crippen LogP contribution in [0.1, 0.15) is 64.7 Å². The number of ether oxygens (including phenoxy) is 1. The van der Waals surface area contributed by atoms with Crippen molar-refractivity contribution in [3.8, 4) is 0 Å². The summed E-state index contributed by atoms with van der Waals surface area (Å²) in [5.74, 6) is 0.159. The molecular weight excluding hydrogens is 364 g/mol. The first kappa shape index (κ1) is 20.4. The van der Waals surface area contributed by atoms with Gasteiger partial charge in [0.25, 0.3) is 0 Å². The molecule has 0 amide bonds. The van der Waals surface area contributed by atoms with Crippen LogP contribution in [0.4, 0.5) is 5.00 Å². The van der Waals surface area contributed by atoms with Crippen molar-refractivity contribution in [2.24, 2.45) is 0 Å². The molecule has 0 radical (unpaired) electrons. The summed E-state index contributed by atoms with van der Waals surface area (Å²) in [5.41, 5.74) is 3.94. The van der Waals surface area contributed by atoms with Gasteiger partial charge in [-0.25, -0.2) is 4.79 Å². The zero-order chi connectivity index (χ0) is 19.4. The molecule has 2 N–H and O–H groups in total. The Labute approximate surface area is 165 Å². The van der Waals surface area contributed by atoms with E-state index in [1.165, 1.54) is 24.0 Å². The first-order chi connectivity index (χ1) is 12.2. The molecular formula is C20H26N2O2S2. The first-order valence-electron chi connectivity index (χ1n) is 8.60. The molecule has 0 saturated carbocycles. The number of aryl methyl sites for hydroxylation is 1. The molecule has 6 heteroatoms. The van der Waals surface area contributed by atoms with Crippen LogP contribution in [-0.2, 0) is 4.74 Å². The number of carbonyl (C=O) groups is 1. The molecule has 1 atom stereocenters. The summed E-state index contributed by atoms with van der Waals surface area (Å²) in [6.45, 7) is 10.3. The van der Waals surface area contributed by atoms with E-state index in [-0.39, 0.29) is 12.0 Å². The first-order valence-corrected chi connectivity index (χ1v) is 9.82. The van der Waals surface area contributed by atoms with Gasteiger partial charge >= 0.3 is 5.97 Å². The number of benzene rings is 1.